The maximum Gasteiger partial charge on any atom is 0.221 e. The topological polar surface area (TPSA) is 29.5 Å². The van der Waals surface area contributed by atoms with Gasteiger partial charge in [-0.05, 0) is 18.4 Å². The molecule has 16 heavy (non-hydrogen) atoms. The Hall–Kier alpha value is -1.35. The van der Waals surface area contributed by atoms with Crippen LogP contribution in [0.3, 0.4) is 0 Å². The second-order valence-corrected chi connectivity index (χ2v) is 4.10. The molecule has 1 aromatic carbocycles. The lowest BCUT2D eigenvalue weighted by molar-refractivity contribution is -0.141. The summed E-state index contributed by atoms with van der Waals surface area (Å²) in [5.74, 6) is 0.0794. The van der Waals surface area contributed by atoms with Crippen LogP contribution in [-0.4, -0.2) is 23.6 Å². The van der Waals surface area contributed by atoms with E-state index in [9.17, 15) is 4.79 Å². The van der Waals surface area contributed by atoms with Crippen LogP contribution in [-0.2, 0) is 16.1 Å². The predicted octanol–water partition coefficient (Wildman–Crippen LogP) is 2.17. The molecule has 1 amide bonds. The van der Waals surface area contributed by atoms with Gasteiger partial charge in [0, 0.05) is 20.1 Å². The summed E-state index contributed by atoms with van der Waals surface area (Å²) in [5, 5.41) is 0. The maximum absolute atomic E-state index is 11.6. The van der Waals surface area contributed by atoms with E-state index in [1.807, 2.05) is 35.2 Å². The van der Waals surface area contributed by atoms with E-state index in [0.717, 1.165) is 25.0 Å². The van der Waals surface area contributed by atoms with Crippen LogP contribution >= 0.6 is 0 Å². The molecule has 1 unspecified atom stereocenters. The highest BCUT2D eigenvalue weighted by Crippen LogP contribution is 2.19. The van der Waals surface area contributed by atoms with Gasteiger partial charge in [0.25, 0.3) is 0 Å². The number of hydrogen-bond donors (Lipinski definition) is 0. The smallest absolute Gasteiger partial charge is 0.221 e. The summed E-state index contributed by atoms with van der Waals surface area (Å²) in [6, 6.07) is 10.0. The van der Waals surface area contributed by atoms with E-state index in [1.165, 1.54) is 0 Å². The molecule has 0 bridgehead atoms. The number of carbonyl (C=O) groups excluding carboxylic acids is 1. The third-order valence-electron chi connectivity index (χ3n) is 2.85. The van der Waals surface area contributed by atoms with E-state index >= 15 is 0 Å². The summed E-state index contributed by atoms with van der Waals surface area (Å²) < 4.78 is 5.55. The van der Waals surface area contributed by atoms with Crippen molar-refractivity contribution in [3.8, 4) is 0 Å². The zero-order valence-corrected chi connectivity index (χ0v) is 9.56. The second-order valence-electron chi connectivity index (χ2n) is 4.10. The monoisotopic (exact) mass is 219 g/mol. The highest BCUT2D eigenvalue weighted by atomic mass is 16.5. The first-order chi connectivity index (χ1) is 7.77. The van der Waals surface area contributed by atoms with Crippen molar-refractivity contribution < 1.29 is 9.53 Å². The molecule has 1 saturated heterocycles. The molecule has 3 nitrogen and oxygen atoms in total. The summed E-state index contributed by atoms with van der Waals surface area (Å²) in [4.78, 5) is 13.4. The first kappa shape index (κ1) is 11.1. The van der Waals surface area contributed by atoms with Gasteiger partial charge in [-0.2, -0.15) is 0 Å². The van der Waals surface area contributed by atoms with Crippen molar-refractivity contribution in [3.63, 3.8) is 0 Å². The van der Waals surface area contributed by atoms with Crippen molar-refractivity contribution in [2.24, 2.45) is 0 Å². The summed E-state index contributed by atoms with van der Waals surface area (Å²) in [6.45, 7) is 3.01. The van der Waals surface area contributed by atoms with Gasteiger partial charge >= 0.3 is 0 Å². The molecular formula is C13H17NO2. The minimum atomic E-state index is -0.0299. The molecule has 86 valence electrons. The maximum atomic E-state index is 11.6. The van der Waals surface area contributed by atoms with Crippen molar-refractivity contribution in [1.29, 1.82) is 0 Å². The summed E-state index contributed by atoms with van der Waals surface area (Å²) in [5.41, 5.74) is 1.15. The third kappa shape index (κ3) is 2.61. The van der Waals surface area contributed by atoms with Crippen LogP contribution in [0.2, 0.25) is 0 Å². The molecule has 1 atom stereocenters. The van der Waals surface area contributed by atoms with Gasteiger partial charge in [-0.3, -0.25) is 4.79 Å². The van der Waals surface area contributed by atoms with Gasteiger partial charge in [0.05, 0.1) is 0 Å². The third-order valence-corrected chi connectivity index (χ3v) is 2.85. The summed E-state index contributed by atoms with van der Waals surface area (Å²) in [7, 11) is 0. The Morgan fingerprint density at radius 2 is 2.19 bits per heavy atom. The van der Waals surface area contributed by atoms with E-state index < -0.39 is 0 Å². The zero-order valence-electron chi connectivity index (χ0n) is 9.56. The van der Waals surface area contributed by atoms with E-state index in [4.69, 9.17) is 4.74 Å². The van der Waals surface area contributed by atoms with Crippen molar-refractivity contribution >= 4 is 5.91 Å². The molecule has 1 fully saturated rings. The molecule has 2 rings (SSSR count). The molecule has 3 heteroatoms. The van der Waals surface area contributed by atoms with Gasteiger partial charge < -0.3 is 9.64 Å². The van der Waals surface area contributed by atoms with Gasteiger partial charge in [0.15, 0.2) is 0 Å². The van der Waals surface area contributed by atoms with Crippen LogP contribution in [0.15, 0.2) is 30.3 Å². The van der Waals surface area contributed by atoms with Crippen LogP contribution in [0.5, 0.6) is 0 Å². The van der Waals surface area contributed by atoms with Crippen LogP contribution in [0.1, 0.15) is 25.3 Å². The normalized spacial score (nSPS) is 19.7. The minimum absolute atomic E-state index is 0.0299. The lowest BCUT2D eigenvalue weighted by Gasteiger charge is -2.27. The average Bonchev–Trinajstić information content (AvgIpc) is 2.80. The molecule has 0 saturated carbocycles. The SMILES string of the molecule is CC(=O)N(Cc1ccccc1)C1CCCO1. The quantitative estimate of drug-likeness (QED) is 0.779. The Labute approximate surface area is 96.0 Å². The van der Waals surface area contributed by atoms with E-state index in [2.05, 4.69) is 0 Å². The fourth-order valence-electron chi connectivity index (χ4n) is 2.00. The molecule has 0 spiro atoms. The number of nitrogens with zero attached hydrogens (tertiary/aromatic N) is 1. The first-order valence-corrected chi connectivity index (χ1v) is 5.70. The van der Waals surface area contributed by atoms with Crippen molar-refractivity contribution in [2.75, 3.05) is 6.61 Å². The van der Waals surface area contributed by atoms with Gasteiger partial charge in [-0.25, -0.2) is 0 Å². The van der Waals surface area contributed by atoms with Gasteiger partial charge in [-0.1, -0.05) is 30.3 Å². The zero-order chi connectivity index (χ0) is 11.4. The molecule has 0 aromatic heterocycles. The molecule has 1 aliphatic rings. The Bertz CT molecular complexity index is 344. The van der Waals surface area contributed by atoms with E-state index in [-0.39, 0.29) is 12.1 Å². The van der Waals surface area contributed by atoms with Crippen LogP contribution in [0, 0.1) is 0 Å². The number of benzene rings is 1. The fraction of sp³-hybridized carbons (Fsp3) is 0.462. The minimum Gasteiger partial charge on any atom is -0.358 e. The van der Waals surface area contributed by atoms with Crippen molar-refractivity contribution in [2.45, 2.75) is 32.5 Å². The predicted molar refractivity (Wildman–Crippen MR) is 61.6 cm³/mol. The van der Waals surface area contributed by atoms with E-state index in [1.54, 1.807) is 6.92 Å². The lowest BCUT2D eigenvalue weighted by Crippen LogP contribution is -2.37. The van der Waals surface area contributed by atoms with Crippen LogP contribution in [0.25, 0.3) is 0 Å². The molecular weight excluding hydrogens is 202 g/mol. The molecule has 0 aliphatic carbocycles. The van der Waals surface area contributed by atoms with E-state index in [0.29, 0.717) is 6.54 Å². The van der Waals surface area contributed by atoms with Crippen molar-refractivity contribution in [3.05, 3.63) is 35.9 Å². The van der Waals surface area contributed by atoms with Crippen molar-refractivity contribution in [1.82, 2.24) is 4.90 Å². The molecule has 0 radical (unpaired) electrons. The Kier molecular flexibility index (Phi) is 3.57. The standard InChI is InChI=1S/C13H17NO2/c1-11(15)14(13-8-5-9-16-13)10-12-6-3-2-4-7-12/h2-4,6-7,13H,5,8-10H2,1H3. The highest BCUT2D eigenvalue weighted by molar-refractivity contribution is 5.73. The number of hydrogen-bond acceptors (Lipinski definition) is 2. The number of rotatable bonds is 3. The molecule has 0 N–H and O–H groups in total. The van der Waals surface area contributed by atoms with Gasteiger partial charge in [0.1, 0.15) is 6.23 Å². The summed E-state index contributed by atoms with van der Waals surface area (Å²) >= 11 is 0. The van der Waals surface area contributed by atoms with Gasteiger partial charge in [0.2, 0.25) is 5.91 Å². The number of carbonyl (C=O) groups is 1. The molecule has 1 aliphatic heterocycles. The Morgan fingerprint density at radius 1 is 1.44 bits per heavy atom. The Balaban J connectivity index is 2.05. The highest BCUT2D eigenvalue weighted by Gasteiger charge is 2.25. The number of amides is 1. The first-order valence-electron chi connectivity index (χ1n) is 5.70. The fourth-order valence-corrected chi connectivity index (χ4v) is 2.00. The largest absolute Gasteiger partial charge is 0.358 e. The number of ether oxygens (including phenoxy) is 1. The van der Waals surface area contributed by atoms with Crippen LogP contribution < -0.4 is 0 Å². The lowest BCUT2D eigenvalue weighted by atomic mass is 10.2. The van der Waals surface area contributed by atoms with Gasteiger partial charge in [-0.15, -0.1) is 0 Å². The summed E-state index contributed by atoms with van der Waals surface area (Å²) in [6.07, 6.45) is 1.97. The average molecular weight is 219 g/mol. The molecule has 1 heterocycles. The second kappa shape index (κ2) is 5.12. The van der Waals surface area contributed by atoms with Crippen LogP contribution in [0.4, 0.5) is 0 Å². The molecule has 1 aromatic rings. The Morgan fingerprint density at radius 3 is 2.75 bits per heavy atom.